The molecule has 2 heterocycles. The molecule has 4 nitrogen and oxygen atoms in total. The van der Waals surface area contributed by atoms with E-state index in [0.29, 0.717) is 13.2 Å². The number of rotatable bonds is 5. The van der Waals surface area contributed by atoms with Crippen molar-refractivity contribution in [2.45, 2.75) is 32.6 Å². The summed E-state index contributed by atoms with van der Waals surface area (Å²) in [6, 6.07) is 8.22. The summed E-state index contributed by atoms with van der Waals surface area (Å²) in [5.41, 5.74) is 10.8. The number of aryl methyl sites for hydroxylation is 2. The van der Waals surface area contributed by atoms with Gasteiger partial charge < -0.3 is 10.5 Å². The SMILES string of the molecule is CCOc1ccc(-c2nc3sc4c(n3c2CCN)CCC4)cc1. The van der Waals surface area contributed by atoms with Crippen molar-refractivity contribution in [3.05, 3.63) is 40.5 Å². The predicted molar refractivity (Wildman–Crippen MR) is 94.5 cm³/mol. The highest BCUT2D eigenvalue weighted by Crippen LogP contribution is 2.36. The van der Waals surface area contributed by atoms with Gasteiger partial charge in [0.15, 0.2) is 4.96 Å². The number of thiazole rings is 1. The first-order valence-electron chi connectivity index (χ1n) is 8.27. The Morgan fingerprint density at radius 1 is 1.26 bits per heavy atom. The molecule has 120 valence electrons. The zero-order valence-electron chi connectivity index (χ0n) is 13.3. The Morgan fingerprint density at radius 2 is 2.09 bits per heavy atom. The Morgan fingerprint density at radius 3 is 2.83 bits per heavy atom. The van der Waals surface area contributed by atoms with Crippen LogP contribution in [0.2, 0.25) is 0 Å². The van der Waals surface area contributed by atoms with Crippen molar-refractivity contribution in [3.63, 3.8) is 0 Å². The van der Waals surface area contributed by atoms with E-state index in [1.165, 1.54) is 29.1 Å². The maximum Gasteiger partial charge on any atom is 0.194 e. The highest BCUT2D eigenvalue weighted by molar-refractivity contribution is 7.17. The van der Waals surface area contributed by atoms with Gasteiger partial charge in [-0.1, -0.05) is 0 Å². The number of aromatic nitrogens is 2. The van der Waals surface area contributed by atoms with Crippen LogP contribution in [0.15, 0.2) is 24.3 Å². The number of ether oxygens (including phenoxy) is 1. The summed E-state index contributed by atoms with van der Waals surface area (Å²) in [6.07, 6.45) is 4.47. The van der Waals surface area contributed by atoms with E-state index >= 15 is 0 Å². The van der Waals surface area contributed by atoms with Crippen LogP contribution in [-0.2, 0) is 19.3 Å². The van der Waals surface area contributed by atoms with E-state index < -0.39 is 0 Å². The van der Waals surface area contributed by atoms with E-state index in [9.17, 15) is 0 Å². The Bertz CT molecular complexity index is 832. The van der Waals surface area contributed by atoms with E-state index in [0.717, 1.165) is 34.8 Å². The van der Waals surface area contributed by atoms with Crippen LogP contribution < -0.4 is 10.5 Å². The lowest BCUT2D eigenvalue weighted by Crippen LogP contribution is -2.07. The first kappa shape index (κ1) is 14.7. The first-order chi connectivity index (χ1) is 11.3. The fraction of sp³-hybridized carbons (Fsp3) is 0.389. The number of imidazole rings is 1. The molecular weight excluding hydrogens is 306 g/mol. The zero-order chi connectivity index (χ0) is 15.8. The summed E-state index contributed by atoms with van der Waals surface area (Å²) < 4.78 is 7.90. The molecular formula is C18H21N3OS. The van der Waals surface area contributed by atoms with Gasteiger partial charge in [-0.2, -0.15) is 0 Å². The van der Waals surface area contributed by atoms with Crippen LogP contribution in [0.4, 0.5) is 0 Å². The van der Waals surface area contributed by atoms with Crippen LogP contribution >= 0.6 is 11.3 Å². The molecule has 4 rings (SSSR count). The van der Waals surface area contributed by atoms with Gasteiger partial charge in [0.2, 0.25) is 0 Å². The third-order valence-corrected chi connectivity index (χ3v) is 5.53. The second-order valence-corrected chi connectivity index (χ2v) is 6.91. The Labute approximate surface area is 139 Å². The number of nitrogens with two attached hydrogens (primary N) is 1. The van der Waals surface area contributed by atoms with Crippen LogP contribution in [0.1, 0.15) is 29.6 Å². The zero-order valence-corrected chi connectivity index (χ0v) is 14.2. The standard InChI is InChI=1S/C18H21N3OS/c1-2-22-13-8-6-12(7-9-13)17-15(10-11-19)21-14-4-3-5-16(14)23-18(21)20-17/h6-9H,2-5,10-11,19H2,1H3. The molecule has 1 aliphatic carbocycles. The van der Waals surface area contributed by atoms with Crippen molar-refractivity contribution in [3.8, 4) is 17.0 Å². The van der Waals surface area contributed by atoms with Crippen molar-refractivity contribution in [1.82, 2.24) is 9.38 Å². The van der Waals surface area contributed by atoms with Gasteiger partial charge in [-0.25, -0.2) is 4.98 Å². The third kappa shape index (κ3) is 2.44. The molecule has 0 amide bonds. The van der Waals surface area contributed by atoms with E-state index in [1.807, 2.05) is 30.4 Å². The van der Waals surface area contributed by atoms with Gasteiger partial charge >= 0.3 is 0 Å². The van der Waals surface area contributed by atoms with Crippen molar-refractivity contribution in [2.75, 3.05) is 13.2 Å². The fourth-order valence-corrected chi connectivity index (χ4v) is 4.64. The quantitative estimate of drug-likeness (QED) is 0.781. The van der Waals surface area contributed by atoms with Crippen molar-refractivity contribution >= 4 is 16.3 Å². The molecule has 1 aliphatic rings. The van der Waals surface area contributed by atoms with Crippen molar-refractivity contribution in [1.29, 1.82) is 0 Å². The molecule has 0 saturated heterocycles. The average molecular weight is 327 g/mol. The second-order valence-electron chi connectivity index (χ2n) is 5.85. The second kappa shape index (κ2) is 5.98. The number of fused-ring (bicyclic) bond motifs is 3. The molecule has 0 bridgehead atoms. The van der Waals surface area contributed by atoms with Gasteiger partial charge in [0.1, 0.15) is 5.75 Å². The summed E-state index contributed by atoms with van der Waals surface area (Å²) in [6.45, 7) is 3.32. The molecule has 5 heteroatoms. The largest absolute Gasteiger partial charge is 0.494 e. The molecule has 3 aromatic rings. The van der Waals surface area contributed by atoms with Crippen molar-refractivity contribution in [2.24, 2.45) is 5.73 Å². The van der Waals surface area contributed by atoms with Crippen LogP contribution in [0, 0.1) is 0 Å². The first-order valence-corrected chi connectivity index (χ1v) is 9.08. The fourth-order valence-electron chi connectivity index (χ4n) is 3.41. The van der Waals surface area contributed by atoms with E-state index in [2.05, 4.69) is 16.5 Å². The summed E-state index contributed by atoms with van der Waals surface area (Å²) in [5.74, 6) is 0.901. The topological polar surface area (TPSA) is 52.5 Å². The van der Waals surface area contributed by atoms with E-state index in [-0.39, 0.29) is 0 Å². The number of hydrogen-bond donors (Lipinski definition) is 1. The molecule has 0 spiro atoms. The molecule has 2 N–H and O–H groups in total. The smallest absolute Gasteiger partial charge is 0.194 e. The molecule has 0 radical (unpaired) electrons. The van der Waals surface area contributed by atoms with Crippen LogP contribution in [0.3, 0.4) is 0 Å². The summed E-state index contributed by atoms with van der Waals surface area (Å²) in [5, 5.41) is 0. The molecule has 0 unspecified atom stereocenters. The minimum Gasteiger partial charge on any atom is -0.494 e. The van der Waals surface area contributed by atoms with E-state index in [1.54, 1.807) is 0 Å². The summed E-state index contributed by atoms with van der Waals surface area (Å²) >= 11 is 1.84. The lowest BCUT2D eigenvalue weighted by atomic mass is 10.1. The molecule has 1 aromatic carbocycles. The normalized spacial score (nSPS) is 13.7. The average Bonchev–Trinajstić information content (AvgIpc) is 3.21. The Hall–Kier alpha value is -1.85. The van der Waals surface area contributed by atoms with Crippen LogP contribution in [-0.4, -0.2) is 22.5 Å². The number of hydrogen-bond acceptors (Lipinski definition) is 4. The van der Waals surface area contributed by atoms with Crippen LogP contribution in [0.5, 0.6) is 5.75 Å². The van der Waals surface area contributed by atoms with Gasteiger partial charge in [-0.15, -0.1) is 11.3 Å². The van der Waals surface area contributed by atoms with Gasteiger partial charge in [-0.05, 0) is 57.0 Å². The molecule has 0 atom stereocenters. The van der Waals surface area contributed by atoms with Gasteiger partial charge in [0, 0.05) is 22.6 Å². The molecule has 23 heavy (non-hydrogen) atoms. The predicted octanol–water partition coefficient (Wildman–Crippen LogP) is 3.45. The number of benzene rings is 1. The third-order valence-electron chi connectivity index (χ3n) is 4.39. The lowest BCUT2D eigenvalue weighted by molar-refractivity contribution is 0.340. The minimum atomic E-state index is 0.641. The van der Waals surface area contributed by atoms with Gasteiger partial charge in [0.25, 0.3) is 0 Å². The molecule has 2 aromatic heterocycles. The lowest BCUT2D eigenvalue weighted by Gasteiger charge is -2.07. The van der Waals surface area contributed by atoms with Crippen molar-refractivity contribution < 1.29 is 4.74 Å². The number of nitrogens with zero attached hydrogens (tertiary/aromatic N) is 2. The molecule has 0 saturated carbocycles. The molecule has 0 aliphatic heterocycles. The van der Waals surface area contributed by atoms with Gasteiger partial charge in [-0.3, -0.25) is 4.40 Å². The summed E-state index contributed by atoms with van der Waals surface area (Å²) in [7, 11) is 0. The Kier molecular flexibility index (Phi) is 3.83. The monoisotopic (exact) mass is 327 g/mol. The summed E-state index contributed by atoms with van der Waals surface area (Å²) in [4.78, 5) is 7.54. The highest BCUT2D eigenvalue weighted by Gasteiger charge is 2.23. The molecule has 0 fully saturated rings. The maximum absolute atomic E-state index is 5.88. The maximum atomic E-state index is 5.88. The van der Waals surface area contributed by atoms with Crippen LogP contribution in [0.25, 0.3) is 16.2 Å². The van der Waals surface area contributed by atoms with E-state index in [4.69, 9.17) is 15.5 Å². The van der Waals surface area contributed by atoms with Gasteiger partial charge in [0.05, 0.1) is 18.0 Å². The Balaban J connectivity index is 1.82. The minimum absolute atomic E-state index is 0.641. The highest BCUT2D eigenvalue weighted by atomic mass is 32.1.